The van der Waals surface area contributed by atoms with E-state index in [1.165, 1.54) is 22.8 Å². The van der Waals surface area contributed by atoms with E-state index in [4.69, 9.17) is 4.74 Å². The first kappa shape index (κ1) is 17.4. The lowest BCUT2D eigenvalue weighted by atomic mass is 10.0. The van der Waals surface area contributed by atoms with Crippen molar-refractivity contribution in [2.75, 3.05) is 18.1 Å². The number of esters is 1. The van der Waals surface area contributed by atoms with Gasteiger partial charge in [-0.3, -0.25) is 0 Å². The van der Waals surface area contributed by atoms with E-state index in [0.29, 0.717) is 30.0 Å². The molecule has 0 saturated carbocycles. The summed E-state index contributed by atoms with van der Waals surface area (Å²) in [6.45, 7) is 2.55. The average Bonchev–Trinajstić information content (AvgIpc) is 3.24. The summed E-state index contributed by atoms with van der Waals surface area (Å²) in [6, 6.07) is 9.32. The van der Waals surface area contributed by atoms with E-state index >= 15 is 0 Å². The van der Waals surface area contributed by atoms with Gasteiger partial charge in [-0.25, -0.2) is 18.7 Å². The number of aromatic nitrogens is 3. The maximum atomic E-state index is 13.7. The SMILES string of the molecule is CCOC(=O)c1cnc2ccc(N3CC[C@H](O)C3c3cccc(F)c3)nn12. The van der Waals surface area contributed by atoms with Gasteiger partial charge in [-0.05, 0) is 43.2 Å². The number of halogens is 1. The summed E-state index contributed by atoms with van der Waals surface area (Å²) in [5.74, 6) is -0.288. The van der Waals surface area contributed by atoms with Crippen molar-refractivity contribution in [1.82, 2.24) is 14.6 Å². The largest absolute Gasteiger partial charge is 0.461 e. The van der Waals surface area contributed by atoms with Gasteiger partial charge in [0.05, 0.1) is 24.9 Å². The molecule has 1 aliphatic heterocycles. The lowest BCUT2D eigenvalue weighted by Crippen LogP contribution is -2.28. The van der Waals surface area contributed by atoms with E-state index in [1.807, 2.05) is 4.90 Å². The molecule has 27 heavy (non-hydrogen) atoms. The van der Waals surface area contributed by atoms with Gasteiger partial charge in [0, 0.05) is 6.54 Å². The first-order chi connectivity index (χ1) is 13.1. The van der Waals surface area contributed by atoms with Crippen LogP contribution in [0.25, 0.3) is 5.65 Å². The van der Waals surface area contributed by atoms with Crippen LogP contribution in [0, 0.1) is 5.82 Å². The minimum Gasteiger partial charge on any atom is -0.461 e. The van der Waals surface area contributed by atoms with Gasteiger partial charge >= 0.3 is 5.97 Å². The Morgan fingerprint density at radius 2 is 2.22 bits per heavy atom. The molecule has 0 radical (unpaired) electrons. The van der Waals surface area contributed by atoms with E-state index < -0.39 is 18.1 Å². The van der Waals surface area contributed by atoms with Crippen LogP contribution in [0.15, 0.2) is 42.6 Å². The summed E-state index contributed by atoms with van der Waals surface area (Å²) >= 11 is 0. The van der Waals surface area contributed by atoms with Gasteiger partial charge < -0.3 is 14.7 Å². The number of aliphatic hydroxyl groups excluding tert-OH is 1. The number of carbonyl (C=O) groups excluding carboxylic acids is 1. The lowest BCUT2D eigenvalue weighted by molar-refractivity contribution is 0.0516. The standard InChI is InChI=1S/C19H19FN4O3/c1-2-27-19(26)14-11-21-16-6-7-17(22-24(14)16)23-9-8-15(25)18(23)12-4-3-5-13(20)10-12/h3-7,10-11,15,18,25H,2,8-9H2,1H3/t15-,18?/m0/s1. The molecule has 8 heteroatoms. The molecular weight excluding hydrogens is 351 g/mol. The van der Waals surface area contributed by atoms with Crippen LogP contribution in [0.3, 0.4) is 0 Å². The Kier molecular flexibility index (Phi) is 4.49. The number of aliphatic hydroxyl groups is 1. The summed E-state index contributed by atoms with van der Waals surface area (Å²) < 4.78 is 20.2. The number of ether oxygens (including phenoxy) is 1. The number of carbonyl (C=O) groups is 1. The Labute approximate surface area is 155 Å². The highest BCUT2D eigenvalue weighted by atomic mass is 19.1. The van der Waals surface area contributed by atoms with Gasteiger partial charge in [-0.2, -0.15) is 0 Å². The Morgan fingerprint density at radius 1 is 1.37 bits per heavy atom. The van der Waals surface area contributed by atoms with Gasteiger partial charge in [0.15, 0.2) is 11.3 Å². The summed E-state index contributed by atoms with van der Waals surface area (Å²) in [5.41, 5.74) is 1.43. The minimum atomic E-state index is -0.642. The van der Waals surface area contributed by atoms with Gasteiger partial charge in [0.25, 0.3) is 0 Å². The first-order valence-electron chi connectivity index (χ1n) is 8.80. The van der Waals surface area contributed by atoms with E-state index in [1.54, 1.807) is 31.2 Å². The molecule has 0 aliphatic carbocycles. The van der Waals surface area contributed by atoms with Crippen molar-refractivity contribution in [3.8, 4) is 0 Å². The molecule has 3 heterocycles. The molecule has 0 bridgehead atoms. The van der Waals surface area contributed by atoms with Gasteiger partial charge in [0.1, 0.15) is 11.6 Å². The molecule has 1 aromatic carbocycles. The molecule has 1 aliphatic rings. The number of anilines is 1. The normalized spacial score (nSPS) is 19.6. The number of fused-ring (bicyclic) bond motifs is 1. The molecule has 1 fully saturated rings. The summed E-state index contributed by atoms with van der Waals surface area (Å²) in [5, 5.41) is 15.0. The highest BCUT2D eigenvalue weighted by Crippen LogP contribution is 2.35. The molecule has 7 nitrogen and oxygen atoms in total. The van der Waals surface area contributed by atoms with Crippen molar-refractivity contribution in [2.45, 2.75) is 25.5 Å². The van der Waals surface area contributed by atoms with Crippen LogP contribution in [-0.4, -0.2) is 44.9 Å². The van der Waals surface area contributed by atoms with Crippen LogP contribution in [0.4, 0.5) is 10.2 Å². The maximum Gasteiger partial charge on any atom is 0.358 e. The summed E-state index contributed by atoms with van der Waals surface area (Å²) in [4.78, 5) is 18.2. The fraction of sp³-hybridized carbons (Fsp3) is 0.316. The summed E-state index contributed by atoms with van der Waals surface area (Å²) in [6.07, 6.45) is 1.32. The maximum absolute atomic E-state index is 13.7. The van der Waals surface area contributed by atoms with Gasteiger partial charge in [-0.1, -0.05) is 12.1 Å². The van der Waals surface area contributed by atoms with Crippen LogP contribution in [0.2, 0.25) is 0 Å². The molecule has 1 saturated heterocycles. The first-order valence-corrected chi connectivity index (χ1v) is 8.80. The fourth-order valence-electron chi connectivity index (χ4n) is 3.49. The second kappa shape index (κ2) is 6.96. The van der Waals surface area contributed by atoms with Gasteiger partial charge in [-0.15, -0.1) is 5.10 Å². The van der Waals surface area contributed by atoms with Crippen molar-refractivity contribution in [2.24, 2.45) is 0 Å². The molecule has 2 aromatic heterocycles. The van der Waals surface area contributed by atoms with E-state index in [2.05, 4.69) is 10.1 Å². The second-order valence-corrected chi connectivity index (χ2v) is 6.37. The number of rotatable bonds is 4. The highest BCUT2D eigenvalue weighted by molar-refractivity contribution is 5.88. The van der Waals surface area contributed by atoms with Crippen molar-refractivity contribution >= 4 is 17.4 Å². The van der Waals surface area contributed by atoms with E-state index in [0.717, 1.165) is 0 Å². The second-order valence-electron chi connectivity index (χ2n) is 6.37. The monoisotopic (exact) mass is 370 g/mol. The Balaban J connectivity index is 1.74. The number of imidazole rings is 1. The Bertz CT molecular complexity index is 990. The van der Waals surface area contributed by atoms with Gasteiger partial charge in [0.2, 0.25) is 0 Å². The van der Waals surface area contributed by atoms with Crippen molar-refractivity contribution in [3.05, 3.63) is 59.7 Å². The number of hydrogen-bond acceptors (Lipinski definition) is 6. The molecule has 1 unspecified atom stereocenters. The van der Waals surface area contributed by atoms with Crippen LogP contribution >= 0.6 is 0 Å². The molecule has 140 valence electrons. The highest BCUT2D eigenvalue weighted by Gasteiger charge is 2.35. The third-order valence-corrected chi connectivity index (χ3v) is 4.68. The molecule has 0 spiro atoms. The molecular formula is C19H19FN4O3. The predicted octanol–water partition coefficient (Wildman–Crippen LogP) is 2.36. The smallest absolute Gasteiger partial charge is 0.358 e. The Morgan fingerprint density at radius 3 is 3.00 bits per heavy atom. The molecule has 2 atom stereocenters. The zero-order valence-electron chi connectivity index (χ0n) is 14.7. The number of hydrogen-bond donors (Lipinski definition) is 1. The zero-order valence-corrected chi connectivity index (χ0v) is 14.7. The molecule has 1 N–H and O–H groups in total. The fourth-order valence-corrected chi connectivity index (χ4v) is 3.49. The van der Waals surface area contributed by atoms with Crippen molar-refractivity contribution < 1.29 is 19.0 Å². The molecule has 3 aromatic rings. The van der Waals surface area contributed by atoms with Crippen LogP contribution < -0.4 is 4.90 Å². The van der Waals surface area contributed by atoms with Crippen LogP contribution in [0.1, 0.15) is 35.4 Å². The van der Waals surface area contributed by atoms with E-state index in [9.17, 15) is 14.3 Å². The third-order valence-electron chi connectivity index (χ3n) is 4.68. The third kappa shape index (κ3) is 3.12. The number of benzene rings is 1. The molecule has 0 amide bonds. The van der Waals surface area contributed by atoms with Crippen LogP contribution in [-0.2, 0) is 4.74 Å². The quantitative estimate of drug-likeness (QED) is 0.710. The van der Waals surface area contributed by atoms with Crippen molar-refractivity contribution in [1.29, 1.82) is 0 Å². The predicted molar refractivity (Wildman–Crippen MR) is 96.1 cm³/mol. The topological polar surface area (TPSA) is 80.0 Å². The number of nitrogens with zero attached hydrogens (tertiary/aromatic N) is 4. The lowest BCUT2D eigenvalue weighted by Gasteiger charge is -2.27. The Hall–Kier alpha value is -3.00. The average molecular weight is 370 g/mol. The van der Waals surface area contributed by atoms with Crippen molar-refractivity contribution in [3.63, 3.8) is 0 Å². The minimum absolute atomic E-state index is 0.232. The van der Waals surface area contributed by atoms with Crippen LogP contribution in [0.5, 0.6) is 0 Å². The molecule has 4 rings (SSSR count). The summed E-state index contributed by atoms with van der Waals surface area (Å²) in [7, 11) is 0. The van der Waals surface area contributed by atoms with E-state index in [-0.39, 0.29) is 18.1 Å². The zero-order chi connectivity index (χ0) is 19.0.